The highest BCUT2D eigenvalue weighted by Gasteiger charge is 2.30. The molecule has 0 aliphatic carbocycles. The van der Waals surface area contributed by atoms with Crippen LogP contribution in [0.1, 0.15) is 22.3 Å². The molecule has 0 atom stereocenters. The summed E-state index contributed by atoms with van der Waals surface area (Å²) in [5, 5.41) is 7.52. The maximum absolute atomic E-state index is 12.9. The van der Waals surface area contributed by atoms with E-state index >= 15 is 0 Å². The Morgan fingerprint density at radius 2 is 1.93 bits per heavy atom. The first kappa shape index (κ1) is 20.3. The summed E-state index contributed by atoms with van der Waals surface area (Å²) in [5.74, 6) is 0. The van der Waals surface area contributed by atoms with E-state index in [9.17, 15) is 18.0 Å². The van der Waals surface area contributed by atoms with Gasteiger partial charge in [0.2, 0.25) is 0 Å². The quantitative estimate of drug-likeness (QED) is 0.639. The summed E-state index contributed by atoms with van der Waals surface area (Å²) in [4.78, 5) is 17.6. The summed E-state index contributed by atoms with van der Waals surface area (Å²) in [5.41, 5.74) is 3.78. The molecule has 0 amide bonds. The number of hydroxylamine groups is 1. The molecule has 0 aliphatic heterocycles. The minimum atomic E-state index is -4.45. The van der Waals surface area contributed by atoms with Crippen molar-refractivity contribution in [2.24, 2.45) is 7.05 Å². The van der Waals surface area contributed by atoms with Crippen LogP contribution < -0.4 is 11.2 Å². The zero-order chi connectivity index (χ0) is 21.2. The molecule has 0 saturated carbocycles. The molecule has 1 heterocycles. The summed E-state index contributed by atoms with van der Waals surface area (Å²) in [6.07, 6.45) is -4.45. The summed E-state index contributed by atoms with van der Waals surface area (Å²) < 4.78 is 40.8. The van der Waals surface area contributed by atoms with E-state index in [0.29, 0.717) is 11.3 Å². The third kappa shape index (κ3) is 4.37. The molecule has 2 aromatic carbocycles. The van der Waals surface area contributed by atoms with Crippen LogP contribution in [0.25, 0.3) is 11.4 Å². The maximum Gasteiger partial charge on any atom is 0.416 e. The summed E-state index contributed by atoms with van der Waals surface area (Å²) in [7, 11) is 1.48. The molecule has 10 heteroatoms. The maximum atomic E-state index is 12.9. The number of tetrazole rings is 1. The van der Waals surface area contributed by atoms with Crippen molar-refractivity contribution in [1.29, 1.82) is 0 Å². The average Bonchev–Trinajstić information content (AvgIpc) is 3.01. The molecule has 7 nitrogen and oxygen atoms in total. The number of nitrogens with one attached hydrogen (secondary N) is 1. The third-order valence-corrected chi connectivity index (χ3v) is 4.29. The lowest BCUT2D eigenvalue weighted by molar-refractivity contribution is -0.137. The molecule has 0 saturated heterocycles. The molecule has 1 aromatic heterocycles. The zero-order valence-corrected chi connectivity index (χ0v) is 15.7. The predicted molar refractivity (Wildman–Crippen MR) is 99.7 cm³/mol. The van der Waals surface area contributed by atoms with Crippen molar-refractivity contribution in [2.45, 2.75) is 19.7 Å². The zero-order valence-electron chi connectivity index (χ0n) is 15.7. The van der Waals surface area contributed by atoms with Gasteiger partial charge in [0, 0.05) is 12.6 Å². The first-order chi connectivity index (χ1) is 13.7. The van der Waals surface area contributed by atoms with Crippen LogP contribution in [0.3, 0.4) is 0 Å². The van der Waals surface area contributed by atoms with Crippen LogP contribution in [0.5, 0.6) is 0 Å². The molecule has 152 valence electrons. The highest BCUT2D eigenvalue weighted by Crippen LogP contribution is 2.30. The lowest BCUT2D eigenvalue weighted by atomic mass is 10.1. The number of aromatic nitrogens is 4. The number of rotatable bonds is 6. The standard InChI is InChI=1S/C19H18F3N5O2/c1-12-6-4-9-17(27-18(28)26(3)24-25-27)16(12)11-29-23-13(2)14-7-5-8-15(10-14)19(20,21)22/h4-10,23H,2,11H2,1,3H3. The number of hydrogen-bond donors (Lipinski definition) is 1. The van der Waals surface area contributed by atoms with Gasteiger partial charge in [0.15, 0.2) is 0 Å². The summed E-state index contributed by atoms with van der Waals surface area (Å²) >= 11 is 0. The van der Waals surface area contributed by atoms with E-state index in [4.69, 9.17) is 4.84 Å². The van der Waals surface area contributed by atoms with Gasteiger partial charge in [-0.3, -0.25) is 10.3 Å². The fraction of sp³-hybridized carbons (Fsp3) is 0.211. The van der Waals surface area contributed by atoms with Gasteiger partial charge in [-0.25, -0.2) is 4.79 Å². The second-order valence-electron chi connectivity index (χ2n) is 6.32. The Kier molecular flexibility index (Phi) is 5.55. The SMILES string of the molecule is C=C(NOCc1c(C)cccc1-n1nnn(C)c1=O)c1cccc(C(F)(F)F)c1. The van der Waals surface area contributed by atoms with Gasteiger partial charge in [-0.1, -0.05) is 30.8 Å². The molecule has 3 aromatic rings. The van der Waals surface area contributed by atoms with Crippen LogP contribution in [0.15, 0.2) is 53.8 Å². The smallest absolute Gasteiger partial charge is 0.271 e. The van der Waals surface area contributed by atoms with E-state index in [1.165, 1.54) is 19.2 Å². The molecule has 0 bridgehead atoms. The van der Waals surface area contributed by atoms with Gasteiger partial charge in [-0.15, -0.1) is 0 Å². The van der Waals surface area contributed by atoms with Crippen molar-refractivity contribution in [3.63, 3.8) is 0 Å². The Balaban J connectivity index is 1.75. The van der Waals surface area contributed by atoms with Crippen molar-refractivity contribution in [2.75, 3.05) is 0 Å². The molecule has 1 N–H and O–H groups in total. The number of aryl methyl sites for hydroxylation is 2. The van der Waals surface area contributed by atoms with Crippen LogP contribution in [0.2, 0.25) is 0 Å². The van der Waals surface area contributed by atoms with Gasteiger partial charge in [-0.05, 0) is 46.7 Å². The van der Waals surface area contributed by atoms with Crippen molar-refractivity contribution in [1.82, 2.24) is 25.3 Å². The molecule has 0 unspecified atom stereocenters. The second-order valence-corrected chi connectivity index (χ2v) is 6.32. The Morgan fingerprint density at radius 3 is 2.59 bits per heavy atom. The number of nitrogens with zero attached hydrogens (tertiary/aromatic N) is 4. The number of hydrogen-bond acceptors (Lipinski definition) is 5. The van der Waals surface area contributed by atoms with E-state index in [1.807, 2.05) is 13.0 Å². The minimum Gasteiger partial charge on any atom is -0.271 e. The number of alkyl halides is 3. The largest absolute Gasteiger partial charge is 0.416 e. The van der Waals surface area contributed by atoms with Crippen molar-refractivity contribution < 1.29 is 18.0 Å². The Labute approximate surface area is 164 Å². The van der Waals surface area contributed by atoms with Gasteiger partial charge in [0.1, 0.15) is 6.61 Å². The second kappa shape index (κ2) is 7.92. The normalized spacial score (nSPS) is 11.5. The van der Waals surface area contributed by atoms with Gasteiger partial charge < -0.3 is 0 Å². The van der Waals surface area contributed by atoms with Crippen molar-refractivity contribution in [3.8, 4) is 5.69 Å². The highest BCUT2D eigenvalue weighted by atomic mass is 19.4. The molecule has 0 radical (unpaired) electrons. The van der Waals surface area contributed by atoms with Crippen LogP contribution in [-0.4, -0.2) is 19.8 Å². The predicted octanol–water partition coefficient (Wildman–Crippen LogP) is 2.99. The van der Waals surface area contributed by atoms with Crippen molar-refractivity contribution >= 4 is 5.70 Å². The van der Waals surface area contributed by atoms with E-state index in [1.54, 1.807) is 12.1 Å². The van der Waals surface area contributed by atoms with E-state index in [0.717, 1.165) is 27.1 Å². The van der Waals surface area contributed by atoms with E-state index in [2.05, 4.69) is 22.5 Å². The Bertz CT molecular complexity index is 1100. The number of benzene rings is 2. The lowest BCUT2D eigenvalue weighted by Crippen LogP contribution is -2.23. The average molecular weight is 405 g/mol. The summed E-state index contributed by atoms with van der Waals surface area (Å²) in [6, 6.07) is 10.1. The molecule has 3 rings (SSSR count). The number of halogens is 3. The van der Waals surface area contributed by atoms with Crippen molar-refractivity contribution in [3.05, 3.63) is 81.8 Å². The van der Waals surface area contributed by atoms with Gasteiger partial charge in [0.05, 0.1) is 16.9 Å². The van der Waals surface area contributed by atoms with Crippen LogP contribution >= 0.6 is 0 Å². The topological polar surface area (TPSA) is 74.0 Å². The molecule has 0 aliphatic rings. The fourth-order valence-electron chi connectivity index (χ4n) is 2.68. The third-order valence-electron chi connectivity index (χ3n) is 4.29. The fourth-order valence-corrected chi connectivity index (χ4v) is 2.68. The van der Waals surface area contributed by atoms with Crippen LogP contribution in [0, 0.1) is 6.92 Å². The summed E-state index contributed by atoms with van der Waals surface area (Å²) in [6.45, 7) is 5.57. The first-order valence-corrected chi connectivity index (χ1v) is 8.50. The lowest BCUT2D eigenvalue weighted by Gasteiger charge is -2.15. The molecule has 0 spiro atoms. The first-order valence-electron chi connectivity index (χ1n) is 8.50. The van der Waals surface area contributed by atoms with E-state index in [-0.39, 0.29) is 17.9 Å². The molecular weight excluding hydrogens is 387 g/mol. The van der Waals surface area contributed by atoms with Gasteiger partial charge in [-0.2, -0.15) is 22.5 Å². The molecule has 0 fully saturated rings. The highest BCUT2D eigenvalue weighted by molar-refractivity contribution is 5.61. The monoisotopic (exact) mass is 405 g/mol. The molecule has 29 heavy (non-hydrogen) atoms. The minimum absolute atomic E-state index is 0.0169. The van der Waals surface area contributed by atoms with Crippen LogP contribution in [-0.2, 0) is 24.7 Å². The van der Waals surface area contributed by atoms with Gasteiger partial charge >= 0.3 is 11.9 Å². The molecular formula is C19H18F3N5O2. The van der Waals surface area contributed by atoms with Crippen LogP contribution in [0.4, 0.5) is 13.2 Å². The Hall–Kier alpha value is -3.40. The van der Waals surface area contributed by atoms with E-state index < -0.39 is 17.4 Å². The van der Waals surface area contributed by atoms with Gasteiger partial charge in [0.25, 0.3) is 0 Å². The Morgan fingerprint density at radius 1 is 1.21 bits per heavy atom.